The molecule has 2 aromatic rings. The first-order valence-corrected chi connectivity index (χ1v) is 5.21. The van der Waals surface area contributed by atoms with Crippen LogP contribution in [0.25, 0.3) is 11.4 Å². The van der Waals surface area contributed by atoms with Gasteiger partial charge in [-0.1, -0.05) is 6.92 Å². The van der Waals surface area contributed by atoms with E-state index in [1.54, 1.807) is 18.3 Å². The highest BCUT2D eigenvalue weighted by atomic mass is 19.1. The highest BCUT2D eigenvalue weighted by molar-refractivity contribution is 5.56. The molecule has 84 valence electrons. The fourth-order valence-corrected chi connectivity index (χ4v) is 1.36. The predicted octanol–water partition coefficient (Wildman–Crippen LogP) is 2.43. The first kappa shape index (κ1) is 10.6. The van der Waals surface area contributed by atoms with Gasteiger partial charge in [-0.05, 0) is 18.6 Å². The summed E-state index contributed by atoms with van der Waals surface area (Å²) in [6.45, 7) is 2.82. The lowest BCUT2D eigenvalue weighted by atomic mass is 10.3. The van der Waals surface area contributed by atoms with Gasteiger partial charge in [-0.3, -0.25) is 0 Å². The first-order chi connectivity index (χ1) is 7.81. The zero-order valence-electron chi connectivity index (χ0n) is 9.00. The average Bonchev–Trinajstić information content (AvgIpc) is 2.81. The molecule has 0 radical (unpaired) electrons. The van der Waals surface area contributed by atoms with Crippen LogP contribution in [-0.4, -0.2) is 21.5 Å². The van der Waals surface area contributed by atoms with Crippen molar-refractivity contribution in [2.24, 2.45) is 0 Å². The maximum absolute atomic E-state index is 13.5. The molecule has 0 aromatic carbocycles. The van der Waals surface area contributed by atoms with Gasteiger partial charge < -0.3 is 10.3 Å². The molecule has 16 heavy (non-hydrogen) atoms. The molecule has 0 aliphatic rings. The zero-order valence-corrected chi connectivity index (χ0v) is 9.00. The second-order valence-corrected chi connectivity index (χ2v) is 3.40. The van der Waals surface area contributed by atoms with Gasteiger partial charge in [0.2, 0.25) is 5.95 Å². The number of hydrogen-bond acceptors (Lipinski definition) is 3. The van der Waals surface area contributed by atoms with Gasteiger partial charge in [-0.25, -0.2) is 14.4 Å². The molecular weight excluding hydrogens is 207 g/mol. The minimum absolute atomic E-state index is 0.290. The van der Waals surface area contributed by atoms with Crippen molar-refractivity contribution in [2.45, 2.75) is 13.3 Å². The van der Waals surface area contributed by atoms with E-state index in [0.29, 0.717) is 17.3 Å². The monoisotopic (exact) mass is 220 g/mol. The number of hydrogen-bond donors (Lipinski definition) is 2. The van der Waals surface area contributed by atoms with E-state index in [0.717, 1.165) is 13.0 Å². The Labute approximate surface area is 92.9 Å². The van der Waals surface area contributed by atoms with E-state index in [9.17, 15) is 4.39 Å². The van der Waals surface area contributed by atoms with Gasteiger partial charge in [0.05, 0.1) is 11.9 Å². The van der Waals surface area contributed by atoms with E-state index in [1.807, 2.05) is 6.92 Å². The van der Waals surface area contributed by atoms with E-state index in [4.69, 9.17) is 0 Å². The average molecular weight is 220 g/mol. The fraction of sp³-hybridized carbons (Fsp3) is 0.273. The summed E-state index contributed by atoms with van der Waals surface area (Å²) in [6, 6.07) is 3.57. The third-order valence-corrected chi connectivity index (χ3v) is 2.13. The Kier molecular flexibility index (Phi) is 3.14. The molecular formula is C11H13FN4. The van der Waals surface area contributed by atoms with Crippen molar-refractivity contribution in [3.63, 3.8) is 0 Å². The molecule has 2 N–H and O–H groups in total. The maximum Gasteiger partial charge on any atom is 0.223 e. The van der Waals surface area contributed by atoms with Crippen molar-refractivity contribution in [1.29, 1.82) is 0 Å². The molecule has 0 aliphatic carbocycles. The maximum atomic E-state index is 13.5. The normalized spacial score (nSPS) is 10.4. The summed E-state index contributed by atoms with van der Waals surface area (Å²) in [7, 11) is 0. The van der Waals surface area contributed by atoms with Crippen LogP contribution < -0.4 is 5.32 Å². The highest BCUT2D eigenvalue weighted by Gasteiger charge is 2.09. The molecule has 4 nitrogen and oxygen atoms in total. The summed E-state index contributed by atoms with van der Waals surface area (Å²) < 4.78 is 13.5. The molecule has 0 unspecified atom stereocenters. The summed E-state index contributed by atoms with van der Waals surface area (Å²) in [5, 5.41) is 3.02. The third-order valence-electron chi connectivity index (χ3n) is 2.13. The van der Waals surface area contributed by atoms with E-state index in [2.05, 4.69) is 20.3 Å². The molecule has 5 heteroatoms. The quantitative estimate of drug-likeness (QED) is 0.832. The van der Waals surface area contributed by atoms with Crippen LogP contribution >= 0.6 is 0 Å². The molecule has 0 spiro atoms. The van der Waals surface area contributed by atoms with Crippen molar-refractivity contribution in [3.8, 4) is 11.4 Å². The summed E-state index contributed by atoms with van der Waals surface area (Å²) in [4.78, 5) is 10.9. The number of aromatic amines is 1. The Morgan fingerprint density at radius 1 is 1.50 bits per heavy atom. The van der Waals surface area contributed by atoms with Crippen LogP contribution in [0, 0.1) is 5.82 Å². The van der Waals surface area contributed by atoms with Gasteiger partial charge >= 0.3 is 0 Å². The van der Waals surface area contributed by atoms with Crippen molar-refractivity contribution in [3.05, 3.63) is 30.3 Å². The second-order valence-electron chi connectivity index (χ2n) is 3.40. The molecule has 0 atom stereocenters. The summed E-state index contributed by atoms with van der Waals surface area (Å²) in [6.07, 6.45) is 3.88. The Hall–Kier alpha value is -1.91. The van der Waals surface area contributed by atoms with Gasteiger partial charge in [-0.15, -0.1) is 0 Å². The fourth-order valence-electron chi connectivity index (χ4n) is 1.36. The number of rotatable bonds is 4. The molecule has 0 saturated heterocycles. The summed E-state index contributed by atoms with van der Waals surface area (Å²) in [5.41, 5.74) is 0.943. The lowest BCUT2D eigenvalue weighted by molar-refractivity contribution is 0.618. The number of aromatic nitrogens is 3. The zero-order chi connectivity index (χ0) is 11.4. The van der Waals surface area contributed by atoms with Crippen molar-refractivity contribution in [2.75, 3.05) is 11.9 Å². The molecule has 0 amide bonds. The lowest BCUT2D eigenvalue weighted by Gasteiger charge is -2.05. The van der Waals surface area contributed by atoms with E-state index in [-0.39, 0.29) is 0 Å². The molecule has 0 aliphatic heterocycles. The van der Waals surface area contributed by atoms with Crippen molar-refractivity contribution in [1.82, 2.24) is 15.0 Å². The van der Waals surface area contributed by atoms with Gasteiger partial charge in [0, 0.05) is 12.7 Å². The van der Waals surface area contributed by atoms with Crippen LogP contribution in [0.3, 0.4) is 0 Å². The third kappa shape index (κ3) is 2.18. The van der Waals surface area contributed by atoms with Gasteiger partial charge in [0.25, 0.3) is 0 Å². The second kappa shape index (κ2) is 4.74. The topological polar surface area (TPSA) is 53.6 Å². The van der Waals surface area contributed by atoms with Crippen LogP contribution in [0.5, 0.6) is 0 Å². The number of nitrogens with zero attached hydrogens (tertiary/aromatic N) is 2. The highest BCUT2D eigenvalue weighted by Crippen LogP contribution is 2.18. The van der Waals surface area contributed by atoms with Crippen LogP contribution in [0.15, 0.2) is 24.5 Å². The molecule has 2 rings (SSSR count). The number of nitrogens with one attached hydrogen (secondary N) is 2. The summed E-state index contributed by atoms with van der Waals surface area (Å²) >= 11 is 0. The molecule has 0 bridgehead atoms. The van der Waals surface area contributed by atoms with Crippen LogP contribution in [0.2, 0.25) is 0 Å². The molecule has 0 saturated carbocycles. The van der Waals surface area contributed by atoms with Crippen molar-refractivity contribution >= 4 is 5.95 Å². The van der Waals surface area contributed by atoms with E-state index in [1.165, 1.54) is 6.20 Å². The van der Waals surface area contributed by atoms with Crippen LogP contribution in [0.1, 0.15) is 13.3 Å². The van der Waals surface area contributed by atoms with Crippen LogP contribution in [0.4, 0.5) is 10.3 Å². The number of anilines is 1. The molecule has 2 heterocycles. The Balaban J connectivity index is 2.30. The Morgan fingerprint density at radius 3 is 3.06 bits per heavy atom. The Morgan fingerprint density at radius 2 is 2.38 bits per heavy atom. The standard InChI is InChI=1S/C11H13FN4/c1-2-5-14-11-15-7-8(12)10(16-11)9-4-3-6-13-9/h3-4,6-7,13H,2,5H2,1H3,(H,14,15,16). The smallest absolute Gasteiger partial charge is 0.223 e. The summed E-state index contributed by atoms with van der Waals surface area (Å²) in [5.74, 6) is 0.0253. The number of H-pyrrole nitrogens is 1. The van der Waals surface area contributed by atoms with Gasteiger partial charge in [0.15, 0.2) is 5.82 Å². The van der Waals surface area contributed by atoms with E-state index < -0.39 is 5.82 Å². The Bertz CT molecular complexity index is 453. The van der Waals surface area contributed by atoms with E-state index >= 15 is 0 Å². The molecule has 0 fully saturated rings. The van der Waals surface area contributed by atoms with Crippen molar-refractivity contribution < 1.29 is 4.39 Å². The lowest BCUT2D eigenvalue weighted by Crippen LogP contribution is -2.05. The number of halogens is 1. The largest absolute Gasteiger partial charge is 0.360 e. The minimum atomic E-state index is -0.426. The van der Waals surface area contributed by atoms with Crippen LogP contribution in [-0.2, 0) is 0 Å². The van der Waals surface area contributed by atoms with Gasteiger partial charge in [-0.2, -0.15) is 0 Å². The SMILES string of the molecule is CCCNc1ncc(F)c(-c2ccc[nH]2)n1. The minimum Gasteiger partial charge on any atom is -0.360 e. The van der Waals surface area contributed by atoms with Gasteiger partial charge in [0.1, 0.15) is 5.69 Å². The first-order valence-electron chi connectivity index (χ1n) is 5.21. The predicted molar refractivity (Wildman–Crippen MR) is 60.6 cm³/mol. The molecule has 2 aromatic heterocycles.